The van der Waals surface area contributed by atoms with Gasteiger partial charge in [-0.15, -0.1) is 0 Å². The van der Waals surface area contributed by atoms with Gasteiger partial charge in [-0.3, -0.25) is 10.1 Å². The minimum absolute atomic E-state index is 0.304. The van der Waals surface area contributed by atoms with Crippen LogP contribution in [0.4, 0.5) is 0 Å². The zero-order valence-corrected chi connectivity index (χ0v) is 6.69. The van der Waals surface area contributed by atoms with Crippen LogP contribution in [0.1, 0.15) is 12.8 Å². The van der Waals surface area contributed by atoms with Gasteiger partial charge < -0.3 is 9.84 Å². The van der Waals surface area contributed by atoms with E-state index in [9.17, 15) is 9.59 Å². The first kappa shape index (κ1) is 9.48. The highest BCUT2D eigenvalue weighted by Gasteiger charge is 2.34. The zero-order valence-electron chi connectivity index (χ0n) is 6.69. The van der Waals surface area contributed by atoms with E-state index in [1.807, 2.05) is 5.32 Å². The van der Waals surface area contributed by atoms with Crippen molar-refractivity contribution < 1.29 is 19.4 Å². The number of aliphatic carboxylic acids is 1. The number of carbonyl (C=O) groups excluding carboxylic acids is 1. The summed E-state index contributed by atoms with van der Waals surface area (Å²) in [5.41, 5.74) is 0. The molecule has 13 heavy (non-hydrogen) atoms. The first-order valence-electron chi connectivity index (χ1n) is 3.72. The maximum atomic E-state index is 11.0. The summed E-state index contributed by atoms with van der Waals surface area (Å²) in [6, 6.07) is 0. The molecular weight excluding hydrogens is 176 g/mol. The lowest BCUT2D eigenvalue weighted by Gasteiger charge is -2.07. The third kappa shape index (κ3) is 2.16. The number of carbonyl (C=O) groups is 2. The lowest BCUT2D eigenvalue weighted by Crippen LogP contribution is -2.32. The monoisotopic (exact) mass is 184 g/mol. The fourth-order valence-corrected chi connectivity index (χ4v) is 1.15. The van der Waals surface area contributed by atoms with Gasteiger partial charge in [0.2, 0.25) is 0 Å². The van der Waals surface area contributed by atoms with Crippen LogP contribution in [0.25, 0.3) is 0 Å². The van der Waals surface area contributed by atoms with Crippen molar-refractivity contribution in [1.82, 2.24) is 5.32 Å². The van der Waals surface area contributed by atoms with Crippen molar-refractivity contribution >= 4 is 11.9 Å². The first-order valence-corrected chi connectivity index (χ1v) is 3.72. The Kier molecular flexibility index (Phi) is 2.82. The number of carboxylic acids is 1. The number of hydrogen-bond acceptors (Lipinski definition) is 4. The molecule has 1 aliphatic rings. The molecule has 0 radical (unpaired) electrons. The van der Waals surface area contributed by atoms with Gasteiger partial charge >= 0.3 is 5.97 Å². The van der Waals surface area contributed by atoms with Gasteiger partial charge in [-0.2, -0.15) is 5.26 Å². The average Bonchev–Trinajstić information content (AvgIpc) is 2.52. The highest BCUT2D eigenvalue weighted by molar-refractivity contribution is 5.83. The average molecular weight is 184 g/mol. The van der Waals surface area contributed by atoms with Crippen LogP contribution in [-0.2, 0) is 14.3 Å². The second kappa shape index (κ2) is 3.87. The van der Waals surface area contributed by atoms with Gasteiger partial charge in [0.05, 0.1) is 0 Å². The van der Waals surface area contributed by atoms with E-state index in [-0.39, 0.29) is 0 Å². The maximum absolute atomic E-state index is 11.0. The molecular formula is C7H8N2O4. The standard InChI is InChI=1S/C7H8N2O4/c8-3-9-6(10)4-1-2-5(13-4)7(11)12/h4-5H,1-2H2,(H,9,10)(H,11,12)/t4-,5+/m0/s1. The molecule has 1 heterocycles. The molecule has 0 bridgehead atoms. The van der Waals surface area contributed by atoms with E-state index in [4.69, 9.17) is 15.1 Å². The molecule has 6 nitrogen and oxygen atoms in total. The molecule has 0 aromatic heterocycles. The number of nitrogens with one attached hydrogen (secondary N) is 1. The molecule has 0 aliphatic carbocycles. The number of nitriles is 1. The normalized spacial score (nSPS) is 26.4. The van der Waals surface area contributed by atoms with Crippen molar-refractivity contribution in [2.75, 3.05) is 0 Å². The fourth-order valence-electron chi connectivity index (χ4n) is 1.15. The molecule has 1 rings (SSSR count). The molecule has 0 saturated carbocycles. The summed E-state index contributed by atoms with van der Waals surface area (Å²) in [6.07, 6.45) is 0.377. The Morgan fingerprint density at radius 2 is 2.08 bits per heavy atom. The molecule has 0 spiro atoms. The van der Waals surface area contributed by atoms with E-state index >= 15 is 0 Å². The fraction of sp³-hybridized carbons (Fsp3) is 0.571. The molecule has 1 saturated heterocycles. The topological polar surface area (TPSA) is 99.4 Å². The summed E-state index contributed by atoms with van der Waals surface area (Å²) in [5, 5.41) is 18.5. The molecule has 0 aromatic carbocycles. The highest BCUT2D eigenvalue weighted by atomic mass is 16.5. The second-order valence-corrected chi connectivity index (χ2v) is 2.63. The quantitative estimate of drug-likeness (QED) is 0.433. The number of ether oxygens (including phenoxy) is 1. The zero-order chi connectivity index (χ0) is 9.84. The van der Waals surface area contributed by atoms with Crippen LogP contribution in [0.3, 0.4) is 0 Å². The predicted octanol–water partition coefficient (Wildman–Crippen LogP) is -0.784. The molecule has 70 valence electrons. The van der Waals surface area contributed by atoms with Crippen LogP contribution < -0.4 is 5.32 Å². The second-order valence-electron chi connectivity index (χ2n) is 2.63. The third-order valence-corrected chi connectivity index (χ3v) is 1.77. The SMILES string of the molecule is N#CNC(=O)[C@@H]1CC[C@H](C(=O)O)O1. The van der Waals surface area contributed by atoms with Crippen molar-refractivity contribution in [3.05, 3.63) is 0 Å². The van der Waals surface area contributed by atoms with Crippen molar-refractivity contribution in [3.8, 4) is 6.19 Å². The van der Waals surface area contributed by atoms with Crippen molar-refractivity contribution in [2.24, 2.45) is 0 Å². The van der Waals surface area contributed by atoms with E-state index in [1.54, 1.807) is 0 Å². The van der Waals surface area contributed by atoms with E-state index in [2.05, 4.69) is 0 Å². The maximum Gasteiger partial charge on any atom is 0.332 e. The van der Waals surface area contributed by atoms with Crippen LogP contribution in [0, 0.1) is 11.5 Å². The molecule has 2 atom stereocenters. The summed E-state index contributed by atoms with van der Waals surface area (Å²) in [7, 11) is 0. The van der Waals surface area contributed by atoms with Crippen LogP contribution in [0.15, 0.2) is 0 Å². The summed E-state index contributed by atoms with van der Waals surface area (Å²) >= 11 is 0. The van der Waals surface area contributed by atoms with Crippen LogP contribution in [0.5, 0.6) is 0 Å². The minimum Gasteiger partial charge on any atom is -0.479 e. The van der Waals surface area contributed by atoms with E-state index in [1.165, 1.54) is 6.19 Å². The minimum atomic E-state index is -1.08. The summed E-state index contributed by atoms with van der Waals surface area (Å²) in [6.45, 7) is 0. The Hall–Kier alpha value is -1.61. The Balaban J connectivity index is 2.46. The van der Waals surface area contributed by atoms with Crippen molar-refractivity contribution in [2.45, 2.75) is 25.0 Å². The lowest BCUT2D eigenvalue weighted by molar-refractivity contribution is -0.151. The highest BCUT2D eigenvalue weighted by Crippen LogP contribution is 2.19. The Morgan fingerprint density at radius 3 is 2.54 bits per heavy atom. The molecule has 1 amide bonds. The van der Waals surface area contributed by atoms with E-state index in [0.717, 1.165) is 0 Å². The molecule has 1 aliphatic heterocycles. The Bertz CT molecular complexity index is 270. The molecule has 0 aromatic rings. The number of hydrogen-bond donors (Lipinski definition) is 2. The van der Waals surface area contributed by atoms with E-state index in [0.29, 0.717) is 12.8 Å². The third-order valence-electron chi connectivity index (χ3n) is 1.77. The van der Waals surface area contributed by atoms with Gasteiger partial charge in [0.25, 0.3) is 5.91 Å². The first-order chi connectivity index (χ1) is 6.15. The predicted molar refractivity (Wildman–Crippen MR) is 39.3 cm³/mol. The number of amides is 1. The number of nitrogens with zero attached hydrogens (tertiary/aromatic N) is 1. The van der Waals surface area contributed by atoms with Gasteiger partial charge in [-0.1, -0.05) is 0 Å². The van der Waals surface area contributed by atoms with Crippen molar-refractivity contribution in [3.63, 3.8) is 0 Å². The number of rotatable bonds is 2. The van der Waals surface area contributed by atoms with E-state index < -0.39 is 24.1 Å². The summed E-state index contributed by atoms with van der Waals surface area (Å²) in [4.78, 5) is 21.4. The Labute approximate surface area is 74.1 Å². The van der Waals surface area contributed by atoms with Gasteiger partial charge in [0.15, 0.2) is 12.3 Å². The van der Waals surface area contributed by atoms with Crippen LogP contribution in [-0.4, -0.2) is 29.2 Å². The van der Waals surface area contributed by atoms with Crippen LogP contribution in [0.2, 0.25) is 0 Å². The largest absolute Gasteiger partial charge is 0.479 e. The molecule has 6 heteroatoms. The molecule has 1 fully saturated rings. The summed E-state index contributed by atoms with van der Waals surface area (Å²) in [5.74, 6) is -1.65. The smallest absolute Gasteiger partial charge is 0.332 e. The lowest BCUT2D eigenvalue weighted by atomic mass is 10.2. The summed E-state index contributed by atoms with van der Waals surface area (Å²) < 4.78 is 4.87. The molecule has 0 unspecified atom stereocenters. The van der Waals surface area contributed by atoms with Crippen molar-refractivity contribution in [1.29, 1.82) is 5.26 Å². The van der Waals surface area contributed by atoms with Gasteiger partial charge in [-0.05, 0) is 12.8 Å². The Morgan fingerprint density at radius 1 is 1.46 bits per heavy atom. The van der Waals surface area contributed by atoms with Gasteiger partial charge in [0, 0.05) is 0 Å². The van der Waals surface area contributed by atoms with Gasteiger partial charge in [-0.25, -0.2) is 4.79 Å². The number of carboxylic acid groups (broad SMARTS) is 1. The molecule has 2 N–H and O–H groups in total. The van der Waals surface area contributed by atoms with Crippen LogP contribution >= 0.6 is 0 Å². The van der Waals surface area contributed by atoms with Gasteiger partial charge in [0.1, 0.15) is 6.10 Å².